The summed E-state index contributed by atoms with van der Waals surface area (Å²) in [6, 6.07) is 1.87. The quantitative estimate of drug-likeness (QED) is 0.772. The van der Waals surface area contributed by atoms with Crippen LogP contribution in [-0.4, -0.2) is 23.4 Å². The van der Waals surface area contributed by atoms with E-state index in [4.69, 9.17) is 0 Å². The zero-order valence-corrected chi connectivity index (χ0v) is 11.2. The maximum Gasteiger partial charge on any atom is 0.307 e. The molecule has 0 radical (unpaired) electrons. The number of ketones is 1. The molecular formula is C14H19NO3. The van der Waals surface area contributed by atoms with Gasteiger partial charge in [0.15, 0.2) is 5.78 Å². The van der Waals surface area contributed by atoms with Gasteiger partial charge < -0.3 is 9.30 Å². The van der Waals surface area contributed by atoms with Crippen molar-refractivity contribution in [3.05, 3.63) is 23.5 Å². The van der Waals surface area contributed by atoms with Crippen LogP contribution in [0.1, 0.15) is 42.7 Å². The zero-order chi connectivity index (χ0) is 13.3. The zero-order valence-electron chi connectivity index (χ0n) is 11.2. The first-order chi connectivity index (χ1) is 8.43. The van der Waals surface area contributed by atoms with Gasteiger partial charge in [0.1, 0.15) is 0 Å². The fourth-order valence-corrected chi connectivity index (χ4v) is 2.52. The molecule has 1 aliphatic carbocycles. The third-order valence-electron chi connectivity index (χ3n) is 3.45. The molecule has 4 heteroatoms. The van der Waals surface area contributed by atoms with Crippen molar-refractivity contribution in [1.82, 2.24) is 4.57 Å². The number of methoxy groups -OCH3 is 1. The fraction of sp³-hybridized carbons (Fsp3) is 0.571. The number of esters is 1. The summed E-state index contributed by atoms with van der Waals surface area (Å²) in [4.78, 5) is 23.2. The summed E-state index contributed by atoms with van der Waals surface area (Å²) in [5.74, 6) is -0.0167. The van der Waals surface area contributed by atoms with Crippen LogP contribution in [0.5, 0.6) is 0 Å². The average Bonchev–Trinajstić information content (AvgIpc) is 2.67. The molecule has 0 aromatic carbocycles. The van der Waals surface area contributed by atoms with Crippen LogP contribution >= 0.6 is 0 Å². The van der Waals surface area contributed by atoms with E-state index in [1.165, 1.54) is 7.11 Å². The van der Waals surface area contributed by atoms with Crippen molar-refractivity contribution in [1.29, 1.82) is 0 Å². The van der Waals surface area contributed by atoms with Crippen LogP contribution in [0.15, 0.2) is 12.3 Å². The summed E-state index contributed by atoms with van der Waals surface area (Å²) in [6.07, 6.45) is 3.71. The van der Waals surface area contributed by atoms with Crippen molar-refractivity contribution >= 4 is 11.8 Å². The largest absolute Gasteiger partial charge is 0.469 e. The maximum absolute atomic E-state index is 12.0. The van der Waals surface area contributed by atoms with Gasteiger partial charge in [0.05, 0.1) is 13.5 Å². The van der Waals surface area contributed by atoms with E-state index in [0.717, 1.165) is 17.7 Å². The number of rotatable bonds is 3. The Balaban J connectivity index is 2.20. The topological polar surface area (TPSA) is 48.3 Å². The van der Waals surface area contributed by atoms with E-state index < -0.39 is 0 Å². The van der Waals surface area contributed by atoms with Gasteiger partial charge in [-0.15, -0.1) is 0 Å². The number of carbonyl (C=O) groups is 2. The minimum Gasteiger partial charge on any atom is -0.469 e. The highest BCUT2D eigenvalue weighted by Gasteiger charge is 2.32. The predicted octanol–water partition coefficient (Wildman–Crippen LogP) is 2.21. The van der Waals surface area contributed by atoms with Gasteiger partial charge >= 0.3 is 5.97 Å². The molecule has 0 saturated heterocycles. The number of aryl methyl sites for hydroxylation is 1. The van der Waals surface area contributed by atoms with Gasteiger partial charge in [0, 0.05) is 30.4 Å². The Kier molecular flexibility index (Phi) is 3.28. The van der Waals surface area contributed by atoms with Crippen LogP contribution < -0.4 is 0 Å². The average molecular weight is 249 g/mol. The molecule has 0 saturated carbocycles. The Morgan fingerprint density at radius 3 is 2.83 bits per heavy atom. The number of ether oxygens (including phenoxy) is 1. The second-order valence-corrected chi connectivity index (χ2v) is 5.64. The first-order valence-electron chi connectivity index (χ1n) is 6.21. The monoisotopic (exact) mass is 249 g/mol. The SMILES string of the molecule is COC(=O)CCn1ccc2c1CC(C)(C)CC2=O. The van der Waals surface area contributed by atoms with E-state index in [-0.39, 0.29) is 17.2 Å². The molecule has 0 amide bonds. The second kappa shape index (κ2) is 4.59. The molecule has 0 bridgehead atoms. The van der Waals surface area contributed by atoms with Crippen molar-refractivity contribution < 1.29 is 14.3 Å². The van der Waals surface area contributed by atoms with Gasteiger partial charge in [-0.25, -0.2) is 0 Å². The number of Topliss-reactive ketones (excluding diaryl/α,β-unsaturated/α-hetero) is 1. The van der Waals surface area contributed by atoms with Crippen LogP contribution in [-0.2, 0) is 22.5 Å². The molecule has 2 rings (SSSR count). The number of hydrogen-bond donors (Lipinski definition) is 0. The van der Waals surface area contributed by atoms with Gasteiger partial charge in [0.2, 0.25) is 0 Å². The molecule has 0 N–H and O–H groups in total. The van der Waals surface area contributed by atoms with E-state index in [0.29, 0.717) is 19.4 Å². The standard InChI is InChI=1S/C14H19NO3/c1-14(2)8-11-10(12(16)9-14)4-6-15(11)7-5-13(17)18-3/h4,6H,5,7-9H2,1-3H3. The third-order valence-corrected chi connectivity index (χ3v) is 3.45. The van der Waals surface area contributed by atoms with Gasteiger partial charge in [-0.05, 0) is 17.9 Å². The summed E-state index contributed by atoms with van der Waals surface area (Å²) < 4.78 is 6.64. The minimum absolute atomic E-state index is 0.00541. The molecule has 1 aromatic heterocycles. The molecule has 0 aliphatic heterocycles. The number of aromatic nitrogens is 1. The Bertz CT molecular complexity index is 485. The predicted molar refractivity (Wildman–Crippen MR) is 67.5 cm³/mol. The van der Waals surface area contributed by atoms with Crippen LogP contribution in [0.25, 0.3) is 0 Å². The second-order valence-electron chi connectivity index (χ2n) is 5.64. The number of hydrogen-bond acceptors (Lipinski definition) is 3. The number of carbonyl (C=O) groups excluding carboxylic acids is 2. The Hall–Kier alpha value is -1.58. The highest BCUT2D eigenvalue weighted by Crippen LogP contribution is 2.35. The van der Waals surface area contributed by atoms with E-state index in [2.05, 4.69) is 18.6 Å². The summed E-state index contributed by atoms with van der Waals surface area (Å²) in [7, 11) is 1.39. The number of fused-ring (bicyclic) bond motifs is 1. The normalized spacial score (nSPS) is 17.4. The van der Waals surface area contributed by atoms with Gasteiger partial charge in [-0.1, -0.05) is 13.8 Å². The van der Waals surface area contributed by atoms with Crippen LogP contribution in [0, 0.1) is 5.41 Å². The summed E-state index contributed by atoms with van der Waals surface area (Å²) >= 11 is 0. The maximum atomic E-state index is 12.0. The first kappa shape index (κ1) is 12.9. The summed E-state index contributed by atoms with van der Waals surface area (Å²) in [5, 5.41) is 0. The highest BCUT2D eigenvalue weighted by molar-refractivity contribution is 5.98. The summed E-state index contributed by atoms with van der Waals surface area (Å²) in [6.45, 7) is 4.78. The van der Waals surface area contributed by atoms with Crippen LogP contribution in [0.4, 0.5) is 0 Å². The molecule has 0 atom stereocenters. The smallest absolute Gasteiger partial charge is 0.307 e. The molecule has 18 heavy (non-hydrogen) atoms. The summed E-state index contributed by atoms with van der Waals surface area (Å²) in [5.41, 5.74) is 1.88. The Labute approximate surface area is 107 Å². The van der Waals surface area contributed by atoms with Crippen LogP contribution in [0.2, 0.25) is 0 Å². The van der Waals surface area contributed by atoms with E-state index in [1.807, 2.05) is 16.8 Å². The van der Waals surface area contributed by atoms with Crippen molar-refractivity contribution in [3.8, 4) is 0 Å². The van der Waals surface area contributed by atoms with Gasteiger partial charge in [-0.2, -0.15) is 0 Å². The van der Waals surface area contributed by atoms with Gasteiger partial charge in [-0.3, -0.25) is 9.59 Å². The van der Waals surface area contributed by atoms with Crippen LogP contribution in [0.3, 0.4) is 0 Å². The van der Waals surface area contributed by atoms with E-state index in [9.17, 15) is 9.59 Å². The lowest BCUT2D eigenvalue weighted by molar-refractivity contribution is -0.140. The molecule has 0 unspecified atom stereocenters. The molecule has 0 spiro atoms. The molecule has 4 nitrogen and oxygen atoms in total. The van der Waals surface area contributed by atoms with Crippen molar-refractivity contribution in [2.24, 2.45) is 5.41 Å². The lowest BCUT2D eigenvalue weighted by atomic mass is 9.76. The molecule has 1 heterocycles. The molecular weight excluding hydrogens is 230 g/mol. The first-order valence-corrected chi connectivity index (χ1v) is 6.21. The Morgan fingerprint density at radius 2 is 2.17 bits per heavy atom. The Morgan fingerprint density at radius 1 is 1.44 bits per heavy atom. The van der Waals surface area contributed by atoms with E-state index >= 15 is 0 Å². The van der Waals surface area contributed by atoms with Crippen molar-refractivity contribution in [2.75, 3.05) is 7.11 Å². The fourth-order valence-electron chi connectivity index (χ4n) is 2.52. The number of nitrogens with zero attached hydrogens (tertiary/aromatic N) is 1. The molecule has 98 valence electrons. The molecule has 1 aromatic rings. The highest BCUT2D eigenvalue weighted by atomic mass is 16.5. The van der Waals surface area contributed by atoms with E-state index in [1.54, 1.807) is 0 Å². The lowest BCUT2D eigenvalue weighted by Gasteiger charge is -2.29. The van der Waals surface area contributed by atoms with Crippen molar-refractivity contribution in [2.45, 2.75) is 39.7 Å². The van der Waals surface area contributed by atoms with Crippen molar-refractivity contribution in [3.63, 3.8) is 0 Å². The van der Waals surface area contributed by atoms with Gasteiger partial charge in [0.25, 0.3) is 0 Å². The lowest BCUT2D eigenvalue weighted by Crippen LogP contribution is -2.28. The molecule has 0 fully saturated rings. The molecule has 1 aliphatic rings. The third kappa shape index (κ3) is 2.47. The minimum atomic E-state index is -0.223.